The van der Waals surface area contributed by atoms with Gasteiger partial charge < -0.3 is 9.64 Å². The number of rotatable bonds is 2. The summed E-state index contributed by atoms with van der Waals surface area (Å²) < 4.78 is 7.32. The molecule has 7 nitrogen and oxygen atoms in total. The highest BCUT2D eigenvalue weighted by molar-refractivity contribution is 5.75. The van der Waals surface area contributed by atoms with Crippen molar-refractivity contribution in [1.29, 1.82) is 0 Å². The predicted octanol–water partition coefficient (Wildman–Crippen LogP) is 0.812. The van der Waals surface area contributed by atoms with E-state index >= 15 is 0 Å². The molecule has 7 heteroatoms. The number of likely N-dealkylation sites (tertiary alicyclic amines) is 1. The fourth-order valence-corrected chi connectivity index (χ4v) is 3.30. The third-order valence-electron chi connectivity index (χ3n) is 4.77. The molecule has 1 aliphatic heterocycles. The lowest BCUT2D eigenvalue weighted by molar-refractivity contribution is -0.135. The number of hydrogen-bond acceptors (Lipinski definition) is 5. The van der Waals surface area contributed by atoms with Gasteiger partial charge in [0.2, 0.25) is 5.91 Å². The van der Waals surface area contributed by atoms with Crippen molar-refractivity contribution in [2.24, 2.45) is 7.05 Å². The van der Waals surface area contributed by atoms with Gasteiger partial charge in [0, 0.05) is 45.8 Å². The first kappa shape index (κ1) is 15.6. The topological polar surface area (TPSA) is 77.3 Å². The third kappa shape index (κ3) is 2.50. The van der Waals surface area contributed by atoms with Crippen LogP contribution >= 0.6 is 0 Å². The average Bonchev–Trinajstić information content (AvgIpc) is 2.58. The number of aryl methyl sites for hydroxylation is 1. The molecule has 0 atom stereocenters. The highest BCUT2D eigenvalue weighted by Gasteiger charge is 2.39. The van der Waals surface area contributed by atoms with E-state index in [0.29, 0.717) is 37.1 Å². The Kier molecular flexibility index (Phi) is 3.89. The molecular formula is C16H20N4O3. The summed E-state index contributed by atoms with van der Waals surface area (Å²) in [5.74, 6) is 0.0505. The van der Waals surface area contributed by atoms with E-state index in [1.54, 1.807) is 32.2 Å². The maximum Gasteiger partial charge on any atom is 0.258 e. The summed E-state index contributed by atoms with van der Waals surface area (Å²) in [6, 6.07) is 1.82. The normalized spacial score (nSPS) is 17.4. The second kappa shape index (κ2) is 5.73. The molecule has 122 valence electrons. The zero-order chi connectivity index (χ0) is 16.6. The van der Waals surface area contributed by atoms with Crippen LogP contribution in [-0.2, 0) is 22.2 Å². The Bertz CT molecular complexity index is 807. The van der Waals surface area contributed by atoms with Crippen LogP contribution in [0.3, 0.4) is 0 Å². The highest BCUT2D eigenvalue weighted by atomic mass is 16.5. The van der Waals surface area contributed by atoms with E-state index in [0.717, 1.165) is 5.39 Å². The minimum absolute atomic E-state index is 0.0505. The van der Waals surface area contributed by atoms with E-state index in [1.165, 1.54) is 10.9 Å². The number of hydrogen-bond donors (Lipinski definition) is 0. The number of methoxy groups -OCH3 is 1. The van der Waals surface area contributed by atoms with Gasteiger partial charge in [0.1, 0.15) is 17.6 Å². The molecule has 3 heterocycles. The molecule has 0 aliphatic carbocycles. The molecule has 0 unspecified atom stereocenters. The number of nitrogens with zero attached hydrogens (tertiary/aromatic N) is 4. The maximum atomic E-state index is 12.8. The largest absolute Gasteiger partial charge is 0.373 e. The van der Waals surface area contributed by atoms with E-state index in [-0.39, 0.29) is 11.5 Å². The van der Waals surface area contributed by atoms with Crippen LogP contribution in [0, 0.1) is 0 Å². The molecule has 0 aromatic carbocycles. The van der Waals surface area contributed by atoms with Gasteiger partial charge in [-0.2, -0.15) is 0 Å². The number of carbonyl (C=O) groups is 1. The van der Waals surface area contributed by atoms with Gasteiger partial charge in [0.05, 0.1) is 5.56 Å². The highest BCUT2D eigenvalue weighted by Crippen LogP contribution is 2.35. The van der Waals surface area contributed by atoms with Crippen LogP contribution in [0.5, 0.6) is 0 Å². The van der Waals surface area contributed by atoms with Crippen LogP contribution in [0.1, 0.15) is 25.3 Å². The number of pyridine rings is 1. The van der Waals surface area contributed by atoms with Crippen LogP contribution in [0.2, 0.25) is 0 Å². The summed E-state index contributed by atoms with van der Waals surface area (Å²) in [5.41, 5.74) is 0.411. The van der Waals surface area contributed by atoms with E-state index in [4.69, 9.17) is 4.74 Å². The summed E-state index contributed by atoms with van der Waals surface area (Å²) in [7, 11) is 3.32. The van der Waals surface area contributed by atoms with E-state index in [1.807, 2.05) is 6.07 Å². The molecule has 0 saturated carbocycles. The van der Waals surface area contributed by atoms with Crippen molar-refractivity contribution in [2.45, 2.75) is 25.4 Å². The van der Waals surface area contributed by atoms with Gasteiger partial charge in [-0.05, 0) is 18.9 Å². The van der Waals surface area contributed by atoms with Crippen LogP contribution < -0.4 is 5.56 Å². The Morgan fingerprint density at radius 1 is 1.35 bits per heavy atom. The van der Waals surface area contributed by atoms with Gasteiger partial charge >= 0.3 is 0 Å². The Morgan fingerprint density at radius 3 is 2.65 bits per heavy atom. The second-order valence-electron chi connectivity index (χ2n) is 5.93. The summed E-state index contributed by atoms with van der Waals surface area (Å²) in [5, 5.41) is 0.801. The van der Waals surface area contributed by atoms with Crippen LogP contribution in [0.15, 0.2) is 23.4 Å². The van der Waals surface area contributed by atoms with Gasteiger partial charge in [0.25, 0.3) is 5.56 Å². The lowest BCUT2D eigenvalue weighted by Gasteiger charge is -2.40. The van der Waals surface area contributed by atoms with Crippen LogP contribution in [0.25, 0.3) is 11.0 Å². The standard InChI is InChI=1S/C16H20N4O3/c1-11(21)20-6-4-16(23-3,5-7-20)13-8-12-9-17-10-18-14(12)19(2)15(13)22/h8-10H,4-7H2,1-3H3. The quantitative estimate of drug-likeness (QED) is 0.819. The molecule has 1 aliphatic rings. The summed E-state index contributed by atoms with van der Waals surface area (Å²) in [4.78, 5) is 34.3. The predicted molar refractivity (Wildman–Crippen MR) is 85.0 cm³/mol. The molecular weight excluding hydrogens is 296 g/mol. The second-order valence-corrected chi connectivity index (χ2v) is 5.93. The number of aromatic nitrogens is 3. The van der Waals surface area contributed by atoms with Crippen molar-refractivity contribution in [3.8, 4) is 0 Å². The van der Waals surface area contributed by atoms with Crippen molar-refractivity contribution in [3.63, 3.8) is 0 Å². The fraction of sp³-hybridized carbons (Fsp3) is 0.500. The molecule has 0 bridgehead atoms. The zero-order valence-electron chi connectivity index (χ0n) is 13.6. The van der Waals surface area contributed by atoms with Gasteiger partial charge in [-0.1, -0.05) is 0 Å². The molecule has 2 aromatic heterocycles. The summed E-state index contributed by atoms with van der Waals surface area (Å²) >= 11 is 0. The third-order valence-corrected chi connectivity index (χ3v) is 4.77. The van der Waals surface area contributed by atoms with Crippen molar-refractivity contribution in [2.75, 3.05) is 20.2 Å². The number of amides is 1. The molecule has 2 aromatic rings. The Morgan fingerprint density at radius 2 is 2.04 bits per heavy atom. The minimum Gasteiger partial charge on any atom is -0.373 e. The van der Waals surface area contributed by atoms with E-state index < -0.39 is 5.60 Å². The van der Waals surface area contributed by atoms with Gasteiger partial charge in [-0.15, -0.1) is 0 Å². The van der Waals surface area contributed by atoms with Crippen LogP contribution in [0.4, 0.5) is 0 Å². The lowest BCUT2D eigenvalue weighted by atomic mass is 9.84. The van der Waals surface area contributed by atoms with Gasteiger partial charge in [-0.3, -0.25) is 14.2 Å². The summed E-state index contributed by atoms with van der Waals surface area (Å²) in [6.45, 7) is 2.72. The number of carbonyl (C=O) groups excluding carboxylic acids is 1. The lowest BCUT2D eigenvalue weighted by Crippen LogP contribution is -2.48. The molecule has 1 saturated heterocycles. The summed E-state index contributed by atoms with van der Waals surface area (Å²) in [6.07, 6.45) is 4.31. The molecule has 1 amide bonds. The minimum atomic E-state index is -0.676. The van der Waals surface area contributed by atoms with Crippen molar-refractivity contribution in [1.82, 2.24) is 19.4 Å². The smallest absolute Gasteiger partial charge is 0.258 e. The first-order chi connectivity index (χ1) is 11.0. The van der Waals surface area contributed by atoms with E-state index in [2.05, 4.69) is 9.97 Å². The van der Waals surface area contributed by atoms with Gasteiger partial charge in [-0.25, -0.2) is 9.97 Å². The molecule has 3 rings (SSSR count). The van der Waals surface area contributed by atoms with E-state index in [9.17, 15) is 9.59 Å². The Labute approximate surface area is 133 Å². The molecule has 0 N–H and O–H groups in total. The maximum absolute atomic E-state index is 12.8. The molecule has 23 heavy (non-hydrogen) atoms. The zero-order valence-corrected chi connectivity index (χ0v) is 13.6. The SMILES string of the molecule is COC1(c2cc3cncnc3n(C)c2=O)CCN(C(C)=O)CC1. The molecule has 0 radical (unpaired) electrons. The molecule has 1 fully saturated rings. The molecule has 0 spiro atoms. The number of piperidine rings is 1. The first-order valence-corrected chi connectivity index (χ1v) is 7.59. The number of fused-ring (bicyclic) bond motifs is 1. The number of ether oxygens (including phenoxy) is 1. The Hall–Kier alpha value is -2.28. The van der Waals surface area contributed by atoms with Gasteiger partial charge in [0.15, 0.2) is 0 Å². The van der Waals surface area contributed by atoms with Crippen molar-refractivity contribution >= 4 is 16.9 Å². The van der Waals surface area contributed by atoms with Crippen molar-refractivity contribution in [3.05, 3.63) is 34.5 Å². The average molecular weight is 316 g/mol. The monoisotopic (exact) mass is 316 g/mol. The first-order valence-electron chi connectivity index (χ1n) is 7.59. The van der Waals surface area contributed by atoms with Crippen LogP contribution in [-0.4, -0.2) is 45.5 Å². The fourth-order valence-electron chi connectivity index (χ4n) is 3.30. The Balaban J connectivity index is 2.09. The van der Waals surface area contributed by atoms with Crippen molar-refractivity contribution < 1.29 is 9.53 Å².